The van der Waals surface area contributed by atoms with Crippen molar-refractivity contribution in [2.24, 2.45) is 5.92 Å². The molecular weight excluding hydrogens is 320 g/mol. The van der Waals surface area contributed by atoms with Crippen molar-refractivity contribution in [3.63, 3.8) is 0 Å². The summed E-state index contributed by atoms with van der Waals surface area (Å²) >= 11 is 0. The smallest absolute Gasteiger partial charge is 0.334 e. The number of hydrogen-bond acceptors (Lipinski definition) is 5. The van der Waals surface area contributed by atoms with E-state index in [1.807, 2.05) is 13.0 Å². The van der Waals surface area contributed by atoms with Gasteiger partial charge in [-0.05, 0) is 45.6 Å². The number of epoxide rings is 1. The van der Waals surface area contributed by atoms with E-state index < -0.39 is 5.60 Å². The van der Waals surface area contributed by atoms with Crippen LogP contribution in [0.3, 0.4) is 0 Å². The lowest BCUT2D eigenvalue weighted by atomic mass is 9.85. The summed E-state index contributed by atoms with van der Waals surface area (Å²) in [4.78, 5) is 24.1. The molecule has 25 heavy (non-hydrogen) atoms. The van der Waals surface area contributed by atoms with Gasteiger partial charge >= 0.3 is 11.9 Å². The molecule has 1 aliphatic carbocycles. The van der Waals surface area contributed by atoms with Crippen LogP contribution in [0.1, 0.15) is 46.0 Å². The van der Waals surface area contributed by atoms with Crippen molar-refractivity contribution in [1.82, 2.24) is 0 Å². The summed E-state index contributed by atoms with van der Waals surface area (Å²) in [7, 11) is 0. The molecule has 2 fully saturated rings. The molecule has 3 heterocycles. The fourth-order valence-electron chi connectivity index (χ4n) is 4.26. The molecule has 3 aliphatic heterocycles. The molecule has 0 aromatic heterocycles. The molecule has 0 amide bonds. The van der Waals surface area contributed by atoms with E-state index in [0.717, 1.165) is 24.8 Å². The first-order valence-corrected chi connectivity index (χ1v) is 9.02. The number of ether oxygens (including phenoxy) is 3. The predicted octanol–water partition coefficient (Wildman–Crippen LogP) is 3.00. The third-order valence-electron chi connectivity index (χ3n) is 5.86. The Morgan fingerprint density at radius 3 is 2.80 bits per heavy atom. The van der Waals surface area contributed by atoms with Crippen LogP contribution in [0.5, 0.6) is 0 Å². The molecule has 5 heteroatoms. The van der Waals surface area contributed by atoms with Gasteiger partial charge in [0.05, 0.1) is 5.60 Å². The van der Waals surface area contributed by atoms with Crippen molar-refractivity contribution in [3.05, 3.63) is 35.5 Å². The van der Waals surface area contributed by atoms with Crippen LogP contribution in [-0.2, 0) is 23.8 Å². The van der Waals surface area contributed by atoms with E-state index in [-0.39, 0.29) is 36.2 Å². The van der Waals surface area contributed by atoms with Crippen molar-refractivity contribution >= 4 is 11.9 Å². The van der Waals surface area contributed by atoms with E-state index in [9.17, 15) is 9.59 Å². The maximum Gasteiger partial charge on any atom is 0.334 e. The van der Waals surface area contributed by atoms with Gasteiger partial charge in [0.15, 0.2) is 0 Å². The van der Waals surface area contributed by atoms with Gasteiger partial charge in [0, 0.05) is 23.5 Å². The molecule has 134 valence electrons. The monoisotopic (exact) mass is 344 g/mol. The molecule has 5 unspecified atom stereocenters. The van der Waals surface area contributed by atoms with Gasteiger partial charge in [0.2, 0.25) is 0 Å². The van der Waals surface area contributed by atoms with Crippen LogP contribution < -0.4 is 0 Å². The average molecular weight is 344 g/mol. The zero-order valence-electron chi connectivity index (χ0n) is 14.7. The number of allylic oxidation sites excluding steroid dienone is 2. The lowest BCUT2D eigenvalue weighted by Gasteiger charge is -2.18. The molecule has 0 N–H and O–H groups in total. The molecule has 4 rings (SSSR count). The van der Waals surface area contributed by atoms with Gasteiger partial charge in [-0.15, -0.1) is 0 Å². The number of esters is 2. The Kier molecular flexibility index (Phi) is 3.87. The summed E-state index contributed by atoms with van der Waals surface area (Å²) in [6.45, 7) is 8.03. The summed E-state index contributed by atoms with van der Waals surface area (Å²) < 4.78 is 17.0. The lowest BCUT2D eigenvalue weighted by Crippen LogP contribution is -2.30. The van der Waals surface area contributed by atoms with Crippen molar-refractivity contribution in [3.8, 4) is 0 Å². The standard InChI is InChI=1S/C20H24O5/c1-11-5-4-6-13-9-14(23-19(13)22)10-20(3)17(25-20)16-15(8-7-11)12(2)18(21)24-16/h5,9,14-17H,2,4,6-8,10H2,1,3H3/b11-5+. The number of rotatable bonds is 0. The zero-order valence-corrected chi connectivity index (χ0v) is 14.7. The summed E-state index contributed by atoms with van der Waals surface area (Å²) in [5.41, 5.74) is 2.13. The Morgan fingerprint density at radius 1 is 1.20 bits per heavy atom. The Morgan fingerprint density at radius 2 is 2.00 bits per heavy atom. The van der Waals surface area contributed by atoms with Gasteiger partial charge < -0.3 is 14.2 Å². The summed E-state index contributed by atoms with van der Waals surface area (Å²) in [6, 6.07) is 0. The van der Waals surface area contributed by atoms with Gasteiger partial charge in [-0.25, -0.2) is 9.59 Å². The van der Waals surface area contributed by atoms with Gasteiger partial charge in [0.25, 0.3) is 0 Å². The molecular formula is C20H24O5. The highest BCUT2D eigenvalue weighted by molar-refractivity contribution is 5.91. The molecule has 5 nitrogen and oxygen atoms in total. The molecule has 5 atom stereocenters. The highest BCUT2D eigenvalue weighted by atomic mass is 16.6. The average Bonchev–Trinajstić information content (AvgIpc) is 2.95. The quantitative estimate of drug-likeness (QED) is 0.292. The zero-order chi connectivity index (χ0) is 17.8. The normalized spacial score (nSPS) is 43.0. The highest BCUT2D eigenvalue weighted by Crippen LogP contribution is 2.50. The van der Waals surface area contributed by atoms with E-state index in [4.69, 9.17) is 14.2 Å². The fraction of sp³-hybridized carbons (Fsp3) is 0.600. The summed E-state index contributed by atoms with van der Waals surface area (Å²) in [5, 5.41) is 0. The van der Waals surface area contributed by atoms with E-state index in [2.05, 4.69) is 19.6 Å². The van der Waals surface area contributed by atoms with E-state index in [1.165, 1.54) is 5.57 Å². The van der Waals surface area contributed by atoms with Crippen molar-refractivity contribution in [2.45, 2.75) is 69.9 Å². The molecule has 0 aromatic carbocycles. The van der Waals surface area contributed by atoms with E-state index >= 15 is 0 Å². The minimum absolute atomic E-state index is 0.0113. The molecule has 0 saturated carbocycles. The predicted molar refractivity (Wildman–Crippen MR) is 90.6 cm³/mol. The van der Waals surface area contributed by atoms with Crippen LogP contribution in [0.2, 0.25) is 0 Å². The van der Waals surface area contributed by atoms with Gasteiger partial charge in [-0.2, -0.15) is 0 Å². The minimum Gasteiger partial charge on any atom is -0.455 e. The van der Waals surface area contributed by atoms with Gasteiger partial charge in [-0.1, -0.05) is 18.2 Å². The van der Waals surface area contributed by atoms with Crippen molar-refractivity contribution < 1.29 is 23.8 Å². The molecule has 2 bridgehead atoms. The Hall–Kier alpha value is -1.88. The largest absolute Gasteiger partial charge is 0.455 e. The second kappa shape index (κ2) is 5.84. The van der Waals surface area contributed by atoms with Crippen LogP contribution in [0.15, 0.2) is 35.5 Å². The third-order valence-corrected chi connectivity index (χ3v) is 5.86. The van der Waals surface area contributed by atoms with E-state index in [1.54, 1.807) is 0 Å². The Balaban J connectivity index is 1.60. The third kappa shape index (κ3) is 2.95. The van der Waals surface area contributed by atoms with Crippen LogP contribution in [0, 0.1) is 5.92 Å². The first kappa shape index (κ1) is 16.6. The number of fused-ring (bicyclic) bond motifs is 4. The Labute approximate surface area is 147 Å². The van der Waals surface area contributed by atoms with Crippen LogP contribution in [-0.4, -0.2) is 35.9 Å². The van der Waals surface area contributed by atoms with Crippen LogP contribution in [0.25, 0.3) is 0 Å². The van der Waals surface area contributed by atoms with Crippen LogP contribution in [0.4, 0.5) is 0 Å². The van der Waals surface area contributed by atoms with Crippen molar-refractivity contribution in [2.75, 3.05) is 0 Å². The number of hydrogen-bond donors (Lipinski definition) is 0. The minimum atomic E-state index is -0.431. The molecule has 0 spiro atoms. The second-order valence-electron chi connectivity index (χ2n) is 7.82. The topological polar surface area (TPSA) is 65.1 Å². The lowest BCUT2D eigenvalue weighted by molar-refractivity contribution is -0.140. The van der Waals surface area contributed by atoms with Crippen molar-refractivity contribution in [1.29, 1.82) is 0 Å². The molecule has 0 aromatic rings. The number of carbonyl (C=O) groups is 2. The maximum atomic E-state index is 12.0. The number of carbonyl (C=O) groups excluding carboxylic acids is 2. The summed E-state index contributed by atoms with van der Waals surface area (Å²) in [6.07, 6.45) is 7.21. The highest BCUT2D eigenvalue weighted by Gasteiger charge is 2.62. The second-order valence-corrected chi connectivity index (χ2v) is 7.82. The fourth-order valence-corrected chi connectivity index (χ4v) is 4.26. The SMILES string of the molecule is C=C1C(=O)OC2C1CC/C(C)=C/CCC1=CC(CC3(C)OC23)OC1=O. The van der Waals surface area contributed by atoms with Gasteiger partial charge in [-0.3, -0.25) is 0 Å². The molecule has 2 saturated heterocycles. The summed E-state index contributed by atoms with van der Waals surface area (Å²) in [5.74, 6) is -0.540. The molecule has 0 radical (unpaired) electrons. The first-order chi connectivity index (χ1) is 11.9. The molecule has 4 aliphatic rings. The first-order valence-electron chi connectivity index (χ1n) is 9.02. The maximum absolute atomic E-state index is 12.0. The van der Waals surface area contributed by atoms with Gasteiger partial charge in [0.1, 0.15) is 18.3 Å². The Bertz CT molecular complexity index is 703. The van der Waals surface area contributed by atoms with Crippen LogP contribution >= 0.6 is 0 Å². The van der Waals surface area contributed by atoms with E-state index in [0.29, 0.717) is 18.4 Å².